The first-order valence-electron chi connectivity index (χ1n) is 13.7. The second kappa shape index (κ2) is 6.88. The molecular formula is C28H38O6. The molecule has 0 radical (unpaired) electrons. The average Bonchev–Trinajstić information content (AvgIpc) is 3.68. The molecule has 34 heavy (non-hydrogen) atoms. The Morgan fingerprint density at radius 3 is 2.74 bits per heavy atom. The minimum atomic E-state index is -0.430. The maximum atomic E-state index is 12.1. The Kier molecular flexibility index (Phi) is 4.42. The second-order valence-corrected chi connectivity index (χ2v) is 12.8. The summed E-state index contributed by atoms with van der Waals surface area (Å²) < 4.78 is 24.1. The quantitative estimate of drug-likeness (QED) is 0.438. The molecule has 4 aliphatic carbocycles. The van der Waals surface area contributed by atoms with Crippen molar-refractivity contribution in [1.29, 1.82) is 0 Å². The number of rotatable bonds is 4. The number of ether oxygens (including phenoxy) is 4. The Morgan fingerprint density at radius 2 is 1.94 bits per heavy atom. The molecule has 11 atom stereocenters. The molecule has 2 saturated heterocycles. The lowest BCUT2D eigenvalue weighted by atomic mass is 9.43. The summed E-state index contributed by atoms with van der Waals surface area (Å²) >= 11 is 0. The van der Waals surface area contributed by atoms with Gasteiger partial charge in [-0.2, -0.15) is 0 Å². The molecule has 6 nitrogen and oxygen atoms in total. The van der Waals surface area contributed by atoms with E-state index in [4.69, 9.17) is 18.9 Å². The van der Waals surface area contributed by atoms with E-state index in [0.29, 0.717) is 41.6 Å². The van der Waals surface area contributed by atoms with Crippen molar-refractivity contribution in [3.8, 4) is 0 Å². The van der Waals surface area contributed by atoms with E-state index in [1.54, 1.807) is 6.08 Å². The Morgan fingerprint density at radius 1 is 1.09 bits per heavy atom. The summed E-state index contributed by atoms with van der Waals surface area (Å²) in [4.78, 5) is 23.8. The minimum absolute atomic E-state index is 0.0225. The molecule has 0 aromatic rings. The fourth-order valence-corrected chi connectivity index (χ4v) is 9.98. The largest absolute Gasteiger partial charge is 0.462 e. The van der Waals surface area contributed by atoms with Crippen LogP contribution in [-0.2, 0) is 28.5 Å². The highest BCUT2D eigenvalue weighted by molar-refractivity contribution is 5.84. The monoisotopic (exact) mass is 470 g/mol. The SMILES string of the molecule is CCCC(=O)O[C@H]1CC[C@@]2(C)[C@H](CC[C@@H]3[C@@H]2CC[C@]2(C)[C@@H]([C@]45C=CC(=O)O[C@H]4O5)C[C@H]4O[C@]342)C1. The predicted octanol–water partition coefficient (Wildman–Crippen LogP) is 4.70. The van der Waals surface area contributed by atoms with E-state index in [1.807, 2.05) is 13.0 Å². The summed E-state index contributed by atoms with van der Waals surface area (Å²) in [6.07, 6.45) is 13.9. The fraction of sp³-hybridized carbons (Fsp3) is 0.857. The topological polar surface area (TPSA) is 77.7 Å². The first kappa shape index (κ1) is 21.8. The van der Waals surface area contributed by atoms with Crippen LogP contribution in [0.15, 0.2) is 12.2 Å². The van der Waals surface area contributed by atoms with E-state index in [1.165, 1.54) is 19.3 Å². The average molecular weight is 471 g/mol. The molecule has 6 fully saturated rings. The summed E-state index contributed by atoms with van der Waals surface area (Å²) in [7, 11) is 0. The standard InChI is InChI=1S/C28H38O6/c1-4-5-22(29)31-17-8-11-25(2)16(14-17)6-7-19-18(25)9-12-26(3)20(15-21-28(19,26)33-21)27-13-10-23(30)32-24(27)34-27/h10,13,16-21,24H,4-9,11-12,14-15H2,1-3H3/t16-,17+,18+,19-,20+,21-,24+,25+,26-,27-,28-/m1/s1. The van der Waals surface area contributed by atoms with E-state index in [2.05, 4.69) is 13.8 Å². The zero-order chi connectivity index (χ0) is 23.5. The van der Waals surface area contributed by atoms with Gasteiger partial charge in [0.15, 0.2) is 5.60 Å². The molecule has 3 heterocycles. The van der Waals surface area contributed by atoms with Gasteiger partial charge in [-0.15, -0.1) is 0 Å². The minimum Gasteiger partial charge on any atom is -0.462 e. The smallest absolute Gasteiger partial charge is 0.332 e. The van der Waals surface area contributed by atoms with E-state index in [-0.39, 0.29) is 29.1 Å². The lowest BCUT2D eigenvalue weighted by Gasteiger charge is -2.61. The van der Waals surface area contributed by atoms with Crippen molar-refractivity contribution in [2.24, 2.45) is 34.5 Å². The summed E-state index contributed by atoms with van der Waals surface area (Å²) in [5.41, 5.74) is -0.115. The molecule has 0 amide bonds. The molecule has 6 heteroatoms. The van der Waals surface area contributed by atoms with E-state index >= 15 is 0 Å². The zero-order valence-corrected chi connectivity index (χ0v) is 20.7. The number of esters is 2. The van der Waals surface area contributed by atoms with Gasteiger partial charge in [0.25, 0.3) is 0 Å². The number of fused-ring (bicyclic) bond motifs is 4. The number of hydrogen-bond acceptors (Lipinski definition) is 6. The van der Waals surface area contributed by atoms with Crippen LogP contribution in [-0.4, -0.2) is 41.6 Å². The molecule has 186 valence electrons. The highest BCUT2D eigenvalue weighted by atomic mass is 16.8. The summed E-state index contributed by atoms with van der Waals surface area (Å²) in [6, 6.07) is 0. The van der Waals surface area contributed by atoms with Crippen LogP contribution in [0.1, 0.15) is 85.0 Å². The van der Waals surface area contributed by atoms with E-state index in [9.17, 15) is 9.59 Å². The summed E-state index contributed by atoms with van der Waals surface area (Å²) in [5, 5.41) is 0. The third-order valence-electron chi connectivity index (χ3n) is 11.7. The normalized spacial score (nSPS) is 56.2. The Balaban J connectivity index is 1.12. The van der Waals surface area contributed by atoms with E-state index in [0.717, 1.165) is 38.5 Å². The van der Waals surface area contributed by atoms with Gasteiger partial charge in [-0.3, -0.25) is 4.79 Å². The molecule has 3 aliphatic heterocycles. The van der Waals surface area contributed by atoms with Gasteiger partial charge >= 0.3 is 11.9 Å². The van der Waals surface area contributed by atoms with Gasteiger partial charge in [0.2, 0.25) is 6.29 Å². The number of epoxide rings is 2. The van der Waals surface area contributed by atoms with Crippen LogP contribution in [0.2, 0.25) is 0 Å². The zero-order valence-electron chi connectivity index (χ0n) is 20.7. The van der Waals surface area contributed by atoms with Crippen LogP contribution < -0.4 is 0 Å². The van der Waals surface area contributed by atoms with Gasteiger partial charge in [0, 0.05) is 23.8 Å². The van der Waals surface area contributed by atoms with Crippen LogP contribution in [0.25, 0.3) is 0 Å². The Labute approximate surface area is 202 Å². The van der Waals surface area contributed by atoms with Crippen LogP contribution in [0.4, 0.5) is 0 Å². The van der Waals surface area contributed by atoms with Gasteiger partial charge < -0.3 is 18.9 Å². The van der Waals surface area contributed by atoms with Gasteiger partial charge in [-0.1, -0.05) is 20.8 Å². The van der Waals surface area contributed by atoms with Crippen molar-refractivity contribution in [1.82, 2.24) is 0 Å². The molecule has 0 bridgehead atoms. The fourth-order valence-electron chi connectivity index (χ4n) is 9.98. The van der Waals surface area contributed by atoms with Crippen LogP contribution in [0, 0.1) is 34.5 Å². The van der Waals surface area contributed by atoms with Crippen molar-refractivity contribution in [3.63, 3.8) is 0 Å². The highest BCUT2D eigenvalue weighted by Gasteiger charge is 2.85. The molecule has 0 N–H and O–H groups in total. The Hall–Kier alpha value is -1.40. The second-order valence-electron chi connectivity index (χ2n) is 12.8. The summed E-state index contributed by atoms with van der Waals surface area (Å²) in [6.45, 7) is 7.00. The van der Waals surface area contributed by atoms with Crippen molar-refractivity contribution in [2.45, 2.75) is 115 Å². The van der Waals surface area contributed by atoms with E-state index < -0.39 is 11.9 Å². The maximum absolute atomic E-state index is 12.1. The number of carbonyl (C=O) groups excluding carboxylic acids is 2. The molecule has 7 aliphatic rings. The molecule has 0 aromatic carbocycles. The number of carbonyl (C=O) groups is 2. The molecule has 7 rings (SSSR count). The lowest BCUT2D eigenvalue weighted by Crippen LogP contribution is -2.59. The number of hydrogen-bond donors (Lipinski definition) is 0. The first-order valence-corrected chi connectivity index (χ1v) is 13.7. The van der Waals surface area contributed by atoms with Crippen LogP contribution in [0.5, 0.6) is 0 Å². The van der Waals surface area contributed by atoms with Gasteiger partial charge in [-0.05, 0) is 87.0 Å². The molecular weight excluding hydrogens is 432 g/mol. The van der Waals surface area contributed by atoms with Gasteiger partial charge in [-0.25, -0.2) is 4.79 Å². The van der Waals surface area contributed by atoms with Crippen LogP contribution in [0.3, 0.4) is 0 Å². The summed E-state index contributed by atoms with van der Waals surface area (Å²) in [5.74, 6) is 1.92. The maximum Gasteiger partial charge on any atom is 0.332 e. The van der Waals surface area contributed by atoms with Gasteiger partial charge in [0.1, 0.15) is 11.7 Å². The highest BCUT2D eigenvalue weighted by Crippen LogP contribution is 2.79. The van der Waals surface area contributed by atoms with Gasteiger partial charge in [0.05, 0.1) is 6.10 Å². The molecule has 0 unspecified atom stereocenters. The Bertz CT molecular complexity index is 961. The third kappa shape index (κ3) is 2.60. The molecule has 0 aromatic heterocycles. The molecule has 4 saturated carbocycles. The lowest BCUT2D eigenvalue weighted by molar-refractivity contribution is -0.168. The van der Waals surface area contributed by atoms with Crippen molar-refractivity contribution in [3.05, 3.63) is 12.2 Å². The molecule has 1 spiro atoms. The van der Waals surface area contributed by atoms with Crippen molar-refractivity contribution >= 4 is 11.9 Å². The predicted molar refractivity (Wildman–Crippen MR) is 122 cm³/mol. The first-order chi connectivity index (χ1) is 16.3. The van der Waals surface area contributed by atoms with Crippen molar-refractivity contribution < 1.29 is 28.5 Å². The third-order valence-corrected chi connectivity index (χ3v) is 11.7. The van der Waals surface area contributed by atoms with Crippen molar-refractivity contribution in [2.75, 3.05) is 0 Å². The van der Waals surface area contributed by atoms with Crippen LogP contribution >= 0.6 is 0 Å².